The van der Waals surface area contributed by atoms with Gasteiger partial charge >= 0.3 is 5.97 Å². The van der Waals surface area contributed by atoms with E-state index in [1.165, 1.54) is 17.6 Å². The minimum atomic E-state index is -1.13. The van der Waals surface area contributed by atoms with Gasteiger partial charge in [0, 0.05) is 5.38 Å². The Bertz CT molecular complexity index is 1240. The van der Waals surface area contributed by atoms with Crippen molar-refractivity contribution in [1.29, 1.82) is 0 Å². The average molecular weight is 467 g/mol. The zero-order chi connectivity index (χ0) is 23.0. The summed E-state index contributed by atoms with van der Waals surface area (Å²) in [5, 5.41) is 18.5. The van der Waals surface area contributed by atoms with Crippen LogP contribution in [0.4, 0.5) is 0 Å². The number of thiazole rings is 1. The summed E-state index contributed by atoms with van der Waals surface area (Å²) in [6.07, 6.45) is 2.82. The molecule has 170 valence electrons. The smallest absolute Gasteiger partial charge is 0.321 e. The number of aliphatic carboxylic acids is 1. The maximum absolute atomic E-state index is 12.4. The molecule has 0 aliphatic rings. The number of hydrogen-bond acceptors (Lipinski definition) is 7. The van der Waals surface area contributed by atoms with Crippen LogP contribution in [0.1, 0.15) is 17.9 Å². The molecule has 0 saturated carbocycles. The van der Waals surface area contributed by atoms with E-state index in [1.54, 1.807) is 18.4 Å². The third kappa shape index (κ3) is 5.88. The molecular weight excluding hydrogens is 444 g/mol. The molecule has 10 heteroatoms. The highest BCUT2D eigenvalue weighted by molar-refractivity contribution is 7.07. The lowest BCUT2D eigenvalue weighted by atomic mass is 10.2. The second-order valence-corrected chi connectivity index (χ2v) is 7.97. The predicted molar refractivity (Wildman–Crippen MR) is 121 cm³/mol. The summed E-state index contributed by atoms with van der Waals surface area (Å²) in [5.41, 5.74) is 4.41. The molecule has 3 N–H and O–H groups in total. The molecule has 1 atom stereocenters. The van der Waals surface area contributed by atoms with Crippen LogP contribution < -0.4 is 15.5 Å². The van der Waals surface area contributed by atoms with Crippen molar-refractivity contribution in [3.05, 3.63) is 88.8 Å². The topological polar surface area (TPSA) is 122 Å². The summed E-state index contributed by atoms with van der Waals surface area (Å²) >= 11 is 1.36. The van der Waals surface area contributed by atoms with Crippen molar-refractivity contribution in [2.45, 2.75) is 25.6 Å². The van der Waals surface area contributed by atoms with Gasteiger partial charge in [0.1, 0.15) is 17.6 Å². The molecule has 3 heterocycles. The second-order valence-electron chi connectivity index (χ2n) is 7.14. The van der Waals surface area contributed by atoms with E-state index in [9.17, 15) is 14.7 Å². The molecule has 0 aliphatic carbocycles. The molecule has 1 aromatic carbocycles. The van der Waals surface area contributed by atoms with Gasteiger partial charge in [0.25, 0.3) is 0 Å². The lowest BCUT2D eigenvalue weighted by Crippen LogP contribution is -2.40. The zero-order valence-corrected chi connectivity index (χ0v) is 18.3. The Kier molecular flexibility index (Phi) is 7.18. The number of nitrogens with zero attached hydrogens (tertiary/aromatic N) is 2. The lowest BCUT2D eigenvalue weighted by Gasteiger charge is -2.12. The van der Waals surface area contributed by atoms with Gasteiger partial charge in [-0.3, -0.25) is 14.9 Å². The summed E-state index contributed by atoms with van der Waals surface area (Å²) in [6.45, 7) is 0.626. The van der Waals surface area contributed by atoms with E-state index in [0.29, 0.717) is 17.1 Å². The maximum atomic E-state index is 12.4. The number of carboxylic acid groups (broad SMARTS) is 1. The third-order valence-corrected chi connectivity index (χ3v) is 5.69. The van der Waals surface area contributed by atoms with Crippen LogP contribution in [0.15, 0.2) is 86.4 Å². The van der Waals surface area contributed by atoms with E-state index in [4.69, 9.17) is 8.83 Å². The van der Waals surface area contributed by atoms with Crippen molar-refractivity contribution in [3.8, 4) is 11.3 Å². The van der Waals surface area contributed by atoms with Crippen molar-refractivity contribution in [2.24, 2.45) is 5.10 Å². The minimum absolute atomic E-state index is 0.197. The van der Waals surface area contributed by atoms with Gasteiger partial charge < -0.3 is 18.5 Å². The van der Waals surface area contributed by atoms with Crippen LogP contribution in [0, 0.1) is 0 Å². The Labute approximate surface area is 193 Å². The molecule has 0 fully saturated rings. The molecule has 1 amide bonds. The second kappa shape index (κ2) is 10.6. The SMILES string of the molecule is O=C(C[C@H](NCc1ccco1)C(=O)O)N/N=c1/scc(-c2ccccc2)n1Cc1ccco1. The minimum Gasteiger partial charge on any atom is -0.480 e. The average Bonchev–Trinajstić information content (AvgIpc) is 3.59. The molecule has 0 spiro atoms. The normalized spacial score (nSPS) is 12.5. The fourth-order valence-electron chi connectivity index (χ4n) is 3.19. The molecule has 4 aromatic rings. The van der Waals surface area contributed by atoms with E-state index in [2.05, 4.69) is 15.8 Å². The van der Waals surface area contributed by atoms with Gasteiger partial charge in [0.2, 0.25) is 10.7 Å². The number of hydrogen-bond donors (Lipinski definition) is 3. The fraction of sp³-hybridized carbons (Fsp3) is 0.174. The van der Waals surface area contributed by atoms with Crippen molar-refractivity contribution in [1.82, 2.24) is 15.3 Å². The van der Waals surface area contributed by atoms with Gasteiger partial charge in [-0.2, -0.15) is 0 Å². The molecule has 33 heavy (non-hydrogen) atoms. The van der Waals surface area contributed by atoms with Gasteiger partial charge in [-0.05, 0) is 29.8 Å². The fourth-order valence-corrected chi connectivity index (χ4v) is 4.06. The summed E-state index contributed by atoms with van der Waals surface area (Å²) in [7, 11) is 0. The van der Waals surface area contributed by atoms with Gasteiger partial charge in [-0.25, -0.2) is 5.43 Å². The first-order chi connectivity index (χ1) is 16.1. The third-order valence-electron chi connectivity index (χ3n) is 4.83. The van der Waals surface area contributed by atoms with Gasteiger partial charge in [-0.15, -0.1) is 16.4 Å². The van der Waals surface area contributed by atoms with E-state index in [1.807, 2.05) is 52.4 Å². The van der Waals surface area contributed by atoms with Crippen LogP contribution in [0.2, 0.25) is 0 Å². The Balaban J connectivity index is 1.50. The summed E-state index contributed by atoms with van der Waals surface area (Å²) in [6, 6.07) is 15.8. The predicted octanol–water partition coefficient (Wildman–Crippen LogP) is 3.02. The standard InChI is InChI=1S/C23H22N4O5S/c28-21(12-19(22(29)30)24-13-17-8-4-10-31-17)25-26-23-27(14-18-9-5-11-32-18)20(15-33-23)16-6-2-1-3-7-16/h1-11,15,19,24H,12-14H2,(H,25,28)(H,29,30)/b26-23+/t19-/m0/s1. The van der Waals surface area contributed by atoms with Crippen molar-refractivity contribution in [2.75, 3.05) is 0 Å². The number of aromatic nitrogens is 1. The highest BCUT2D eigenvalue weighted by Gasteiger charge is 2.21. The number of carbonyl (C=O) groups is 2. The quantitative estimate of drug-likeness (QED) is 0.309. The Morgan fingerprint density at radius 1 is 1.03 bits per heavy atom. The molecule has 0 aliphatic heterocycles. The number of rotatable bonds is 10. The number of benzene rings is 1. The number of amides is 1. The van der Waals surface area contributed by atoms with E-state index in [-0.39, 0.29) is 13.0 Å². The number of nitrogens with one attached hydrogen (secondary N) is 2. The number of carbonyl (C=O) groups excluding carboxylic acids is 1. The monoisotopic (exact) mass is 466 g/mol. The first-order valence-corrected chi connectivity index (χ1v) is 11.1. The summed E-state index contributed by atoms with van der Waals surface area (Å²) in [4.78, 5) is 24.5. The van der Waals surface area contributed by atoms with E-state index in [0.717, 1.165) is 17.0 Å². The van der Waals surface area contributed by atoms with Gasteiger partial charge in [0.05, 0.1) is 37.7 Å². The molecular formula is C23H22N4O5S. The zero-order valence-electron chi connectivity index (χ0n) is 17.5. The van der Waals surface area contributed by atoms with Crippen LogP contribution in [-0.4, -0.2) is 27.6 Å². The Morgan fingerprint density at radius 2 is 1.76 bits per heavy atom. The Morgan fingerprint density at radius 3 is 2.42 bits per heavy atom. The number of carboxylic acids is 1. The van der Waals surface area contributed by atoms with Crippen LogP contribution in [0.5, 0.6) is 0 Å². The van der Waals surface area contributed by atoms with Crippen molar-refractivity contribution >= 4 is 23.2 Å². The van der Waals surface area contributed by atoms with Crippen LogP contribution in [0.3, 0.4) is 0 Å². The number of furan rings is 2. The molecule has 0 unspecified atom stereocenters. The van der Waals surface area contributed by atoms with Crippen LogP contribution in [-0.2, 0) is 22.7 Å². The highest BCUT2D eigenvalue weighted by Crippen LogP contribution is 2.20. The molecule has 4 rings (SSSR count). The van der Waals surface area contributed by atoms with E-state index >= 15 is 0 Å². The Hall–Kier alpha value is -3.89. The molecule has 0 bridgehead atoms. The van der Waals surface area contributed by atoms with Crippen molar-refractivity contribution < 1.29 is 23.5 Å². The molecule has 0 radical (unpaired) electrons. The first kappa shape index (κ1) is 22.3. The molecule has 3 aromatic heterocycles. The maximum Gasteiger partial charge on any atom is 0.321 e. The van der Waals surface area contributed by atoms with Crippen molar-refractivity contribution in [3.63, 3.8) is 0 Å². The van der Waals surface area contributed by atoms with Gasteiger partial charge in [0.15, 0.2) is 0 Å². The highest BCUT2D eigenvalue weighted by atomic mass is 32.1. The first-order valence-electron chi connectivity index (χ1n) is 10.2. The van der Waals surface area contributed by atoms with Crippen LogP contribution >= 0.6 is 11.3 Å². The largest absolute Gasteiger partial charge is 0.480 e. The van der Waals surface area contributed by atoms with E-state index < -0.39 is 17.9 Å². The molecule has 0 saturated heterocycles. The summed E-state index contributed by atoms with van der Waals surface area (Å²) in [5.74, 6) is -0.329. The van der Waals surface area contributed by atoms with Crippen LogP contribution in [0.25, 0.3) is 11.3 Å². The van der Waals surface area contributed by atoms with Gasteiger partial charge in [-0.1, -0.05) is 30.3 Å². The molecule has 9 nitrogen and oxygen atoms in total. The lowest BCUT2D eigenvalue weighted by molar-refractivity contribution is -0.141. The summed E-state index contributed by atoms with van der Waals surface area (Å²) < 4.78 is 12.6.